The second-order valence-electron chi connectivity index (χ2n) is 4.97. The monoisotopic (exact) mass is 318 g/mol. The highest BCUT2D eigenvalue weighted by Gasteiger charge is 2.20. The van der Waals surface area contributed by atoms with Gasteiger partial charge in [0.15, 0.2) is 0 Å². The van der Waals surface area contributed by atoms with Gasteiger partial charge in [0.25, 0.3) is 5.91 Å². The van der Waals surface area contributed by atoms with Crippen LogP contribution in [0.4, 0.5) is 4.39 Å². The summed E-state index contributed by atoms with van der Waals surface area (Å²) in [6.45, 7) is 4.13. The minimum atomic E-state index is -4.22. The topological polar surface area (TPSA) is 98.5 Å². The lowest BCUT2D eigenvalue weighted by atomic mass is 10.0. The van der Waals surface area contributed by atoms with E-state index in [4.69, 9.17) is 9.88 Å². The van der Waals surface area contributed by atoms with Crippen LogP contribution in [0.3, 0.4) is 0 Å². The molecule has 0 fully saturated rings. The van der Waals surface area contributed by atoms with Crippen molar-refractivity contribution in [3.05, 3.63) is 29.6 Å². The molecule has 21 heavy (non-hydrogen) atoms. The number of benzene rings is 1. The molecule has 0 heterocycles. The Morgan fingerprint density at radius 1 is 1.43 bits per heavy atom. The molecule has 1 aromatic rings. The maximum atomic E-state index is 13.4. The van der Waals surface area contributed by atoms with Crippen molar-refractivity contribution in [1.29, 1.82) is 0 Å². The normalized spacial score (nSPS) is 13.2. The van der Waals surface area contributed by atoms with E-state index in [0.29, 0.717) is 6.61 Å². The Morgan fingerprint density at radius 3 is 2.52 bits per heavy atom. The van der Waals surface area contributed by atoms with E-state index in [1.165, 1.54) is 13.2 Å². The molecule has 1 aromatic carbocycles. The largest absolute Gasteiger partial charge is 0.383 e. The second kappa shape index (κ2) is 6.97. The lowest BCUT2D eigenvalue weighted by Crippen LogP contribution is -2.41. The van der Waals surface area contributed by atoms with Gasteiger partial charge in [-0.1, -0.05) is 13.8 Å². The van der Waals surface area contributed by atoms with E-state index in [0.717, 1.165) is 12.1 Å². The third-order valence-electron chi connectivity index (χ3n) is 2.97. The van der Waals surface area contributed by atoms with Gasteiger partial charge >= 0.3 is 0 Å². The third kappa shape index (κ3) is 4.76. The lowest BCUT2D eigenvalue weighted by molar-refractivity contribution is 0.0866. The number of nitrogens with two attached hydrogens (primary N) is 1. The highest BCUT2D eigenvalue weighted by Crippen LogP contribution is 2.15. The van der Waals surface area contributed by atoms with Gasteiger partial charge in [0.05, 0.1) is 12.6 Å². The van der Waals surface area contributed by atoms with Crippen molar-refractivity contribution < 1.29 is 22.3 Å². The number of carbonyl (C=O) groups is 1. The van der Waals surface area contributed by atoms with Gasteiger partial charge in [-0.25, -0.2) is 17.9 Å². The van der Waals surface area contributed by atoms with Crippen LogP contribution in [0.1, 0.15) is 24.2 Å². The summed E-state index contributed by atoms with van der Waals surface area (Å²) in [5, 5.41) is 7.61. The van der Waals surface area contributed by atoms with Gasteiger partial charge in [0.2, 0.25) is 10.0 Å². The van der Waals surface area contributed by atoms with E-state index >= 15 is 0 Å². The van der Waals surface area contributed by atoms with Crippen molar-refractivity contribution >= 4 is 15.9 Å². The van der Waals surface area contributed by atoms with Gasteiger partial charge in [-0.2, -0.15) is 0 Å². The number of amides is 1. The quantitative estimate of drug-likeness (QED) is 0.813. The smallest absolute Gasteiger partial charge is 0.251 e. The lowest BCUT2D eigenvalue weighted by Gasteiger charge is -2.21. The molecule has 1 rings (SSSR count). The SMILES string of the molecule is COCC(NC(=O)c1ccc(F)c(S(N)(=O)=O)c1)C(C)C. The van der Waals surface area contributed by atoms with Crippen molar-refractivity contribution in [2.45, 2.75) is 24.8 Å². The van der Waals surface area contributed by atoms with Crippen LogP contribution in [-0.4, -0.2) is 34.1 Å². The van der Waals surface area contributed by atoms with Crippen molar-refractivity contribution in [3.63, 3.8) is 0 Å². The Balaban J connectivity index is 3.03. The van der Waals surface area contributed by atoms with Gasteiger partial charge in [0.1, 0.15) is 10.7 Å². The predicted octanol–water partition coefficient (Wildman–Crippen LogP) is 0.874. The van der Waals surface area contributed by atoms with E-state index in [1.807, 2.05) is 13.8 Å². The molecule has 0 spiro atoms. The second-order valence-corrected chi connectivity index (χ2v) is 6.50. The molecule has 0 aliphatic carbocycles. The molecule has 1 atom stereocenters. The first-order valence-corrected chi connectivity index (χ1v) is 7.83. The van der Waals surface area contributed by atoms with Gasteiger partial charge in [-0.05, 0) is 24.1 Å². The number of nitrogens with one attached hydrogen (secondary N) is 1. The van der Waals surface area contributed by atoms with E-state index in [1.54, 1.807) is 0 Å². The molecule has 0 aliphatic rings. The summed E-state index contributed by atoms with van der Waals surface area (Å²) in [5.74, 6) is -1.39. The van der Waals surface area contributed by atoms with Gasteiger partial charge in [-0.15, -0.1) is 0 Å². The van der Waals surface area contributed by atoms with E-state index in [-0.39, 0.29) is 17.5 Å². The van der Waals surface area contributed by atoms with Crippen LogP contribution in [0, 0.1) is 11.7 Å². The predicted molar refractivity (Wildman–Crippen MR) is 75.7 cm³/mol. The number of methoxy groups -OCH3 is 1. The van der Waals surface area contributed by atoms with Crippen molar-refractivity contribution in [2.75, 3.05) is 13.7 Å². The number of ether oxygens (including phenoxy) is 1. The number of primary sulfonamides is 1. The molecule has 0 radical (unpaired) electrons. The Hall–Kier alpha value is -1.51. The number of halogens is 1. The molecule has 0 bridgehead atoms. The summed E-state index contributed by atoms with van der Waals surface area (Å²) in [7, 11) is -2.71. The van der Waals surface area contributed by atoms with Gasteiger partial charge in [0, 0.05) is 12.7 Å². The molecule has 0 saturated carbocycles. The Labute approximate surface area is 123 Å². The molecule has 0 aromatic heterocycles. The van der Waals surface area contributed by atoms with Crippen LogP contribution in [0.15, 0.2) is 23.1 Å². The first kappa shape index (κ1) is 17.5. The molecule has 8 heteroatoms. The Kier molecular flexibility index (Phi) is 5.82. The average molecular weight is 318 g/mol. The fourth-order valence-corrected chi connectivity index (χ4v) is 2.33. The van der Waals surface area contributed by atoms with Gasteiger partial charge in [-0.3, -0.25) is 4.79 Å². The molecule has 1 amide bonds. The van der Waals surface area contributed by atoms with Gasteiger partial charge < -0.3 is 10.1 Å². The molecule has 1 unspecified atom stereocenters. The number of carbonyl (C=O) groups excluding carboxylic acids is 1. The molecular weight excluding hydrogens is 299 g/mol. The van der Waals surface area contributed by atoms with Crippen LogP contribution in [-0.2, 0) is 14.8 Å². The summed E-state index contributed by atoms with van der Waals surface area (Å²) >= 11 is 0. The van der Waals surface area contributed by atoms with Crippen LogP contribution < -0.4 is 10.5 Å². The molecule has 118 valence electrons. The summed E-state index contributed by atoms with van der Waals surface area (Å²) in [6, 6.07) is 2.77. The molecule has 0 saturated heterocycles. The number of sulfonamides is 1. The van der Waals surface area contributed by atoms with Crippen LogP contribution in [0.25, 0.3) is 0 Å². The highest BCUT2D eigenvalue weighted by atomic mass is 32.2. The highest BCUT2D eigenvalue weighted by molar-refractivity contribution is 7.89. The summed E-state index contributed by atoms with van der Waals surface area (Å²) < 4.78 is 40.9. The summed E-state index contributed by atoms with van der Waals surface area (Å²) in [5.41, 5.74) is 0.0159. The zero-order chi connectivity index (χ0) is 16.2. The Bertz CT molecular complexity index is 617. The van der Waals surface area contributed by atoms with Crippen LogP contribution in [0.5, 0.6) is 0 Å². The van der Waals surface area contributed by atoms with Crippen molar-refractivity contribution in [2.24, 2.45) is 11.1 Å². The minimum Gasteiger partial charge on any atom is -0.383 e. The number of hydrogen-bond acceptors (Lipinski definition) is 4. The third-order valence-corrected chi connectivity index (χ3v) is 3.89. The number of rotatable bonds is 6. The minimum absolute atomic E-state index is 0.0159. The zero-order valence-electron chi connectivity index (χ0n) is 12.1. The van der Waals surface area contributed by atoms with E-state index in [2.05, 4.69) is 5.32 Å². The number of hydrogen-bond donors (Lipinski definition) is 2. The fraction of sp³-hybridized carbons (Fsp3) is 0.462. The standard InChI is InChI=1S/C13H19FN2O4S/c1-8(2)11(7-20-3)16-13(17)9-4-5-10(14)12(6-9)21(15,18)19/h4-6,8,11H,7H2,1-3H3,(H,16,17)(H2,15,18,19). The average Bonchev–Trinajstić information content (AvgIpc) is 2.37. The Morgan fingerprint density at radius 2 is 2.05 bits per heavy atom. The zero-order valence-corrected chi connectivity index (χ0v) is 12.9. The first-order valence-electron chi connectivity index (χ1n) is 6.29. The van der Waals surface area contributed by atoms with E-state index in [9.17, 15) is 17.6 Å². The maximum absolute atomic E-state index is 13.4. The molecule has 3 N–H and O–H groups in total. The maximum Gasteiger partial charge on any atom is 0.251 e. The van der Waals surface area contributed by atoms with E-state index < -0.39 is 26.6 Å². The molecular formula is C13H19FN2O4S. The summed E-state index contributed by atoms with van der Waals surface area (Å²) in [4.78, 5) is 11.4. The molecule has 0 aliphatic heterocycles. The van der Waals surface area contributed by atoms with Crippen LogP contribution >= 0.6 is 0 Å². The van der Waals surface area contributed by atoms with Crippen molar-refractivity contribution in [1.82, 2.24) is 5.32 Å². The summed E-state index contributed by atoms with van der Waals surface area (Å²) in [6.07, 6.45) is 0. The van der Waals surface area contributed by atoms with Crippen molar-refractivity contribution in [3.8, 4) is 0 Å². The molecule has 6 nitrogen and oxygen atoms in total. The van der Waals surface area contributed by atoms with Crippen LogP contribution in [0.2, 0.25) is 0 Å². The first-order chi connectivity index (χ1) is 9.66. The fourth-order valence-electron chi connectivity index (χ4n) is 1.69.